The van der Waals surface area contributed by atoms with Crippen LogP contribution in [0, 0.1) is 0 Å². The van der Waals surface area contributed by atoms with Crippen molar-refractivity contribution in [1.82, 2.24) is 3.97 Å². The second-order valence-electron chi connectivity index (χ2n) is 7.97. The zero-order valence-electron chi connectivity index (χ0n) is 19.4. The van der Waals surface area contributed by atoms with E-state index in [-0.39, 0.29) is 16.7 Å². The summed E-state index contributed by atoms with van der Waals surface area (Å²) in [6.45, 7) is 1.44. The van der Waals surface area contributed by atoms with Gasteiger partial charge in [0.15, 0.2) is 0 Å². The van der Waals surface area contributed by atoms with Crippen molar-refractivity contribution in [1.29, 1.82) is 0 Å². The van der Waals surface area contributed by atoms with Crippen LogP contribution in [0.1, 0.15) is 12.5 Å². The highest BCUT2D eigenvalue weighted by molar-refractivity contribution is 7.90. The number of carbonyl (C=O) groups is 2. The van der Waals surface area contributed by atoms with E-state index in [4.69, 9.17) is 5.73 Å². The normalized spacial score (nSPS) is 11.4. The Balaban J connectivity index is 1.45. The zero-order chi connectivity index (χ0) is 25.7. The third-order valence-electron chi connectivity index (χ3n) is 5.30. The minimum Gasteiger partial charge on any atom is -0.397 e. The molecule has 0 unspecified atom stereocenters. The molecule has 0 fully saturated rings. The maximum atomic E-state index is 13.1. The molecule has 4 rings (SSSR count). The number of para-hydroxylation sites is 2. The Morgan fingerprint density at radius 1 is 0.861 bits per heavy atom. The molecular formula is C27H24N4O4S. The summed E-state index contributed by atoms with van der Waals surface area (Å²) >= 11 is 0. The Morgan fingerprint density at radius 2 is 1.50 bits per heavy atom. The predicted octanol–water partition coefficient (Wildman–Crippen LogP) is 4.58. The van der Waals surface area contributed by atoms with E-state index in [1.807, 2.05) is 12.1 Å². The minimum atomic E-state index is -3.81. The van der Waals surface area contributed by atoms with Gasteiger partial charge >= 0.3 is 0 Å². The van der Waals surface area contributed by atoms with Gasteiger partial charge in [-0.15, -0.1) is 0 Å². The molecule has 4 N–H and O–H groups in total. The van der Waals surface area contributed by atoms with Crippen molar-refractivity contribution < 1.29 is 18.0 Å². The fourth-order valence-electron chi connectivity index (χ4n) is 3.49. The molecule has 3 aromatic carbocycles. The highest BCUT2D eigenvalue weighted by Gasteiger charge is 2.16. The summed E-state index contributed by atoms with van der Waals surface area (Å²) < 4.78 is 27.2. The van der Waals surface area contributed by atoms with Crippen molar-refractivity contribution in [2.75, 3.05) is 16.4 Å². The van der Waals surface area contributed by atoms with Gasteiger partial charge in [-0.05, 0) is 65.2 Å². The summed E-state index contributed by atoms with van der Waals surface area (Å²) in [7, 11) is -3.81. The number of nitrogens with one attached hydrogen (secondary N) is 2. The van der Waals surface area contributed by atoms with Gasteiger partial charge in [-0.3, -0.25) is 9.59 Å². The Bertz CT molecular complexity index is 1540. The quantitative estimate of drug-likeness (QED) is 0.253. The Hall–Kier alpha value is -4.63. The number of benzene rings is 3. The van der Waals surface area contributed by atoms with E-state index in [2.05, 4.69) is 10.6 Å². The number of carbonyl (C=O) groups excluding carboxylic acids is 2. The molecule has 0 aliphatic carbocycles. The predicted molar refractivity (Wildman–Crippen MR) is 142 cm³/mol. The molecule has 4 aromatic rings. The smallest absolute Gasteiger partial charge is 0.267 e. The van der Waals surface area contributed by atoms with Gasteiger partial charge in [-0.1, -0.05) is 36.4 Å². The summed E-state index contributed by atoms with van der Waals surface area (Å²) in [6.07, 6.45) is 5.69. The van der Waals surface area contributed by atoms with Crippen LogP contribution in [-0.4, -0.2) is 24.2 Å². The molecule has 0 atom stereocenters. The van der Waals surface area contributed by atoms with Crippen LogP contribution in [0.15, 0.2) is 102 Å². The summed E-state index contributed by atoms with van der Waals surface area (Å²) in [5.41, 5.74) is 9.73. The average molecular weight is 501 g/mol. The van der Waals surface area contributed by atoms with Crippen LogP contribution in [-0.2, 0) is 19.6 Å². The number of nitrogen functional groups attached to an aromatic ring is 1. The summed E-state index contributed by atoms with van der Waals surface area (Å²) in [5, 5.41) is 5.39. The zero-order valence-corrected chi connectivity index (χ0v) is 20.2. The monoisotopic (exact) mass is 500 g/mol. The largest absolute Gasteiger partial charge is 0.397 e. The van der Waals surface area contributed by atoms with Crippen LogP contribution in [0.25, 0.3) is 17.2 Å². The van der Waals surface area contributed by atoms with Crippen molar-refractivity contribution in [3.63, 3.8) is 0 Å². The SMILES string of the molecule is CC(=O)Nc1ccc(-c2ccc(S(=O)(=O)n3ccc(/C=C/C(=O)Nc4ccccc4N)c3)cc2)cc1. The summed E-state index contributed by atoms with van der Waals surface area (Å²) in [6, 6.07) is 22.3. The lowest BCUT2D eigenvalue weighted by Gasteiger charge is -2.08. The van der Waals surface area contributed by atoms with E-state index < -0.39 is 10.0 Å². The number of amides is 2. The van der Waals surface area contributed by atoms with Crippen LogP contribution < -0.4 is 16.4 Å². The number of hydrogen-bond acceptors (Lipinski definition) is 5. The van der Waals surface area contributed by atoms with Crippen molar-refractivity contribution in [2.24, 2.45) is 0 Å². The van der Waals surface area contributed by atoms with Gasteiger partial charge in [0, 0.05) is 31.1 Å². The van der Waals surface area contributed by atoms with Crippen molar-refractivity contribution in [2.45, 2.75) is 11.8 Å². The van der Waals surface area contributed by atoms with Gasteiger partial charge < -0.3 is 16.4 Å². The van der Waals surface area contributed by atoms with E-state index in [0.29, 0.717) is 22.6 Å². The van der Waals surface area contributed by atoms with Gasteiger partial charge in [-0.2, -0.15) is 0 Å². The first-order chi connectivity index (χ1) is 17.2. The molecule has 1 aromatic heterocycles. The first kappa shape index (κ1) is 24.5. The second-order valence-corrected chi connectivity index (χ2v) is 9.82. The van der Waals surface area contributed by atoms with Crippen LogP contribution >= 0.6 is 0 Å². The van der Waals surface area contributed by atoms with E-state index in [0.717, 1.165) is 15.1 Å². The molecule has 1 heterocycles. The number of nitrogens with zero attached hydrogens (tertiary/aromatic N) is 1. The molecule has 182 valence electrons. The van der Waals surface area contributed by atoms with Crippen molar-refractivity contribution in [3.8, 4) is 11.1 Å². The molecule has 0 bridgehead atoms. The average Bonchev–Trinajstić information content (AvgIpc) is 3.35. The molecule has 0 saturated carbocycles. The molecule has 0 spiro atoms. The summed E-state index contributed by atoms with van der Waals surface area (Å²) in [5.74, 6) is -0.536. The molecule has 0 radical (unpaired) electrons. The third-order valence-corrected chi connectivity index (χ3v) is 6.95. The lowest BCUT2D eigenvalue weighted by atomic mass is 10.1. The molecule has 8 nitrogen and oxygen atoms in total. The third kappa shape index (κ3) is 5.70. The fraction of sp³-hybridized carbons (Fsp3) is 0.0370. The second kappa shape index (κ2) is 10.3. The van der Waals surface area contributed by atoms with E-state index in [9.17, 15) is 18.0 Å². The maximum absolute atomic E-state index is 13.1. The molecule has 2 amide bonds. The molecule has 0 saturated heterocycles. The van der Waals surface area contributed by atoms with Gasteiger partial charge in [-0.25, -0.2) is 12.4 Å². The van der Waals surface area contributed by atoms with Crippen LogP contribution in [0.5, 0.6) is 0 Å². The van der Waals surface area contributed by atoms with Crippen LogP contribution in [0.2, 0.25) is 0 Å². The van der Waals surface area contributed by atoms with Crippen LogP contribution in [0.4, 0.5) is 17.1 Å². The molecule has 0 aliphatic heterocycles. The van der Waals surface area contributed by atoms with E-state index >= 15 is 0 Å². The maximum Gasteiger partial charge on any atom is 0.267 e. The number of anilines is 3. The van der Waals surface area contributed by atoms with Gasteiger partial charge in [0.25, 0.3) is 10.0 Å². The first-order valence-electron chi connectivity index (χ1n) is 11.0. The van der Waals surface area contributed by atoms with Crippen molar-refractivity contribution in [3.05, 3.63) is 103 Å². The topological polar surface area (TPSA) is 123 Å². The molecule has 36 heavy (non-hydrogen) atoms. The highest BCUT2D eigenvalue weighted by Crippen LogP contribution is 2.24. The van der Waals surface area contributed by atoms with Crippen molar-refractivity contribution >= 4 is 45.0 Å². The Labute approximate surface area is 209 Å². The van der Waals surface area contributed by atoms with Crippen LogP contribution in [0.3, 0.4) is 0 Å². The lowest BCUT2D eigenvalue weighted by molar-refractivity contribution is -0.114. The Morgan fingerprint density at radius 3 is 2.14 bits per heavy atom. The highest BCUT2D eigenvalue weighted by atomic mass is 32.2. The number of rotatable bonds is 7. The van der Waals surface area contributed by atoms with E-state index in [1.165, 1.54) is 31.5 Å². The molecule has 0 aliphatic rings. The molecule has 9 heteroatoms. The van der Waals surface area contributed by atoms with E-state index in [1.54, 1.807) is 66.7 Å². The number of nitrogens with two attached hydrogens (primary N) is 1. The van der Waals surface area contributed by atoms with Gasteiger partial charge in [0.1, 0.15) is 0 Å². The number of hydrogen-bond donors (Lipinski definition) is 3. The lowest BCUT2D eigenvalue weighted by Crippen LogP contribution is -2.10. The fourth-order valence-corrected chi connectivity index (χ4v) is 4.69. The first-order valence-corrected chi connectivity index (χ1v) is 12.4. The standard InChI is InChI=1S/C27H24N4O4S/c1-19(32)29-23-11-7-21(8-12-23)22-9-13-24(14-10-22)36(34,35)31-17-16-20(18-31)6-15-27(33)30-26-5-3-2-4-25(26)28/h2-18H,28H2,1H3,(H,29,32)(H,30,33)/b15-6+. The summed E-state index contributed by atoms with van der Waals surface area (Å²) in [4.78, 5) is 23.5. The Kier molecular flexibility index (Phi) is 7.03. The minimum absolute atomic E-state index is 0.129. The number of aromatic nitrogens is 1. The van der Waals surface area contributed by atoms with Gasteiger partial charge in [0.05, 0.1) is 16.3 Å². The molecular weight excluding hydrogens is 476 g/mol. The van der Waals surface area contributed by atoms with Gasteiger partial charge in [0.2, 0.25) is 11.8 Å².